The summed E-state index contributed by atoms with van der Waals surface area (Å²) in [7, 11) is 0. The molecule has 6 heteroatoms. The smallest absolute Gasteiger partial charge is 0.335 e. The van der Waals surface area contributed by atoms with Crippen LogP contribution < -0.4 is 10.6 Å². The van der Waals surface area contributed by atoms with E-state index in [1.807, 2.05) is 6.92 Å². The summed E-state index contributed by atoms with van der Waals surface area (Å²) in [6, 6.07) is 4.71. The van der Waals surface area contributed by atoms with Crippen molar-refractivity contribution in [3.63, 3.8) is 0 Å². The number of unbranched alkanes of at least 4 members (excludes halogenated alkanes) is 2. The van der Waals surface area contributed by atoms with Crippen LogP contribution in [0.5, 0.6) is 0 Å². The first-order valence-corrected chi connectivity index (χ1v) is 7.29. The molecule has 0 aliphatic rings. The van der Waals surface area contributed by atoms with E-state index >= 15 is 0 Å². The summed E-state index contributed by atoms with van der Waals surface area (Å²) >= 11 is 5.07. The highest BCUT2D eigenvalue weighted by atomic mass is 32.1. The number of hydrogen-bond acceptors (Lipinski definition) is 3. The van der Waals surface area contributed by atoms with Crippen molar-refractivity contribution in [2.75, 3.05) is 5.32 Å². The van der Waals surface area contributed by atoms with E-state index in [4.69, 9.17) is 17.3 Å². The van der Waals surface area contributed by atoms with E-state index in [0.29, 0.717) is 12.1 Å². The fraction of sp³-hybridized carbons (Fsp3) is 0.400. The number of nitrogens with one attached hydrogen (secondary N) is 2. The van der Waals surface area contributed by atoms with Gasteiger partial charge in [-0.25, -0.2) is 4.79 Å². The van der Waals surface area contributed by atoms with Gasteiger partial charge < -0.3 is 15.7 Å². The predicted octanol–water partition coefficient (Wildman–Crippen LogP) is 3.09. The Morgan fingerprint density at radius 2 is 2.00 bits per heavy atom. The van der Waals surface area contributed by atoms with Gasteiger partial charge in [0.25, 0.3) is 0 Å². The first-order chi connectivity index (χ1) is 9.93. The monoisotopic (exact) mass is 308 g/mol. The summed E-state index contributed by atoms with van der Waals surface area (Å²) in [6.45, 7) is 3.90. The number of amides is 1. The van der Waals surface area contributed by atoms with Gasteiger partial charge in [-0.3, -0.25) is 4.79 Å². The summed E-state index contributed by atoms with van der Waals surface area (Å²) in [5.74, 6) is -1.14. The fourth-order valence-corrected chi connectivity index (χ4v) is 1.99. The summed E-state index contributed by atoms with van der Waals surface area (Å²) in [6.07, 6.45) is 3.33. The molecule has 0 fully saturated rings. The van der Waals surface area contributed by atoms with E-state index in [-0.39, 0.29) is 16.6 Å². The highest BCUT2D eigenvalue weighted by Gasteiger charge is 2.09. The zero-order valence-corrected chi connectivity index (χ0v) is 13.0. The van der Waals surface area contributed by atoms with Crippen LogP contribution in [-0.2, 0) is 4.79 Å². The third-order valence-corrected chi connectivity index (χ3v) is 3.20. The number of rotatable bonds is 6. The normalized spacial score (nSPS) is 10.0. The maximum atomic E-state index is 11.6. The molecule has 1 aromatic carbocycles. The number of carboxylic acid groups (broad SMARTS) is 1. The molecule has 0 unspecified atom stereocenters. The molecule has 1 aromatic rings. The average Bonchev–Trinajstić information content (AvgIpc) is 2.41. The van der Waals surface area contributed by atoms with Gasteiger partial charge in [0.1, 0.15) is 0 Å². The van der Waals surface area contributed by atoms with E-state index < -0.39 is 5.97 Å². The van der Waals surface area contributed by atoms with Crippen LogP contribution in [0.2, 0.25) is 0 Å². The Bertz CT molecular complexity index is 544. The minimum absolute atomic E-state index is 0.131. The largest absolute Gasteiger partial charge is 0.478 e. The number of carboxylic acids is 1. The molecule has 5 nitrogen and oxygen atoms in total. The molecule has 21 heavy (non-hydrogen) atoms. The van der Waals surface area contributed by atoms with Gasteiger partial charge in [0, 0.05) is 12.1 Å². The SMILES string of the molecule is CCCCCC(=O)NC(=S)Nc1cc(C(=O)O)ccc1C. The second-order valence-corrected chi connectivity index (χ2v) is 5.20. The Labute approximate surface area is 129 Å². The minimum atomic E-state index is -1.01. The van der Waals surface area contributed by atoms with Crippen LogP contribution in [0.1, 0.15) is 48.5 Å². The van der Waals surface area contributed by atoms with Gasteiger partial charge in [0.2, 0.25) is 5.91 Å². The van der Waals surface area contributed by atoms with Crippen LogP contribution in [0.15, 0.2) is 18.2 Å². The molecule has 0 aromatic heterocycles. The molecule has 0 radical (unpaired) electrons. The quantitative estimate of drug-likeness (QED) is 0.556. The van der Waals surface area contributed by atoms with E-state index in [1.165, 1.54) is 12.1 Å². The summed E-state index contributed by atoms with van der Waals surface area (Å²) in [4.78, 5) is 22.6. The Hall–Kier alpha value is -1.95. The minimum Gasteiger partial charge on any atom is -0.478 e. The van der Waals surface area contributed by atoms with E-state index in [1.54, 1.807) is 6.07 Å². The number of thiocarbonyl (C=S) groups is 1. The first kappa shape index (κ1) is 17.1. The predicted molar refractivity (Wildman–Crippen MR) is 86.6 cm³/mol. The Balaban J connectivity index is 2.60. The number of anilines is 1. The second kappa shape index (κ2) is 8.36. The number of carbonyl (C=O) groups is 2. The van der Waals surface area contributed by atoms with Crippen LogP contribution in [0, 0.1) is 6.92 Å². The lowest BCUT2D eigenvalue weighted by molar-refractivity contribution is -0.119. The van der Waals surface area contributed by atoms with Crippen molar-refractivity contribution >= 4 is 34.9 Å². The van der Waals surface area contributed by atoms with Crippen molar-refractivity contribution in [2.24, 2.45) is 0 Å². The van der Waals surface area contributed by atoms with Crippen molar-refractivity contribution in [3.05, 3.63) is 29.3 Å². The molecule has 0 aliphatic heterocycles. The fourth-order valence-electron chi connectivity index (χ4n) is 1.77. The van der Waals surface area contributed by atoms with Crippen LogP contribution in [0.25, 0.3) is 0 Å². The lowest BCUT2D eigenvalue weighted by atomic mass is 10.1. The molecule has 114 valence electrons. The molecule has 0 saturated carbocycles. The van der Waals surface area contributed by atoms with Crippen molar-refractivity contribution < 1.29 is 14.7 Å². The molecule has 0 bridgehead atoms. The Morgan fingerprint density at radius 1 is 1.29 bits per heavy atom. The van der Waals surface area contributed by atoms with Gasteiger partial charge in [-0.2, -0.15) is 0 Å². The Morgan fingerprint density at radius 3 is 2.62 bits per heavy atom. The molecule has 1 rings (SSSR count). The van der Waals surface area contributed by atoms with Gasteiger partial charge in [0.15, 0.2) is 5.11 Å². The van der Waals surface area contributed by atoms with Crippen molar-refractivity contribution in [3.8, 4) is 0 Å². The van der Waals surface area contributed by atoms with E-state index in [2.05, 4.69) is 17.6 Å². The zero-order valence-electron chi connectivity index (χ0n) is 12.2. The summed E-state index contributed by atoms with van der Waals surface area (Å²) < 4.78 is 0. The van der Waals surface area contributed by atoms with Crippen LogP contribution in [0.3, 0.4) is 0 Å². The average molecular weight is 308 g/mol. The molecular weight excluding hydrogens is 288 g/mol. The van der Waals surface area contributed by atoms with Gasteiger partial charge in [-0.05, 0) is 43.3 Å². The molecular formula is C15H20N2O3S. The zero-order chi connectivity index (χ0) is 15.8. The second-order valence-electron chi connectivity index (χ2n) is 4.79. The van der Waals surface area contributed by atoms with Crippen molar-refractivity contribution in [2.45, 2.75) is 39.5 Å². The molecule has 0 spiro atoms. The Kier molecular flexibility index (Phi) is 6.81. The van der Waals surface area contributed by atoms with Gasteiger partial charge in [0.05, 0.1) is 5.56 Å². The third-order valence-electron chi connectivity index (χ3n) is 2.99. The highest BCUT2D eigenvalue weighted by molar-refractivity contribution is 7.80. The number of aryl methyl sites for hydroxylation is 1. The maximum absolute atomic E-state index is 11.6. The van der Waals surface area contributed by atoms with Crippen molar-refractivity contribution in [1.29, 1.82) is 0 Å². The lowest BCUT2D eigenvalue weighted by Gasteiger charge is -2.12. The van der Waals surface area contributed by atoms with E-state index in [0.717, 1.165) is 24.8 Å². The van der Waals surface area contributed by atoms with Crippen molar-refractivity contribution in [1.82, 2.24) is 5.32 Å². The number of benzene rings is 1. The molecule has 0 heterocycles. The van der Waals surface area contributed by atoms with Crippen LogP contribution >= 0.6 is 12.2 Å². The van der Waals surface area contributed by atoms with Crippen LogP contribution in [0.4, 0.5) is 5.69 Å². The summed E-state index contributed by atoms with van der Waals surface area (Å²) in [5, 5.41) is 14.6. The molecule has 0 aliphatic carbocycles. The highest BCUT2D eigenvalue weighted by Crippen LogP contribution is 2.16. The number of aromatic carboxylic acids is 1. The van der Waals surface area contributed by atoms with E-state index in [9.17, 15) is 9.59 Å². The summed E-state index contributed by atoms with van der Waals surface area (Å²) in [5.41, 5.74) is 1.59. The number of carbonyl (C=O) groups excluding carboxylic acids is 1. The molecule has 1 amide bonds. The standard InChI is InChI=1S/C15H20N2O3S/c1-3-4-5-6-13(18)17-15(21)16-12-9-11(14(19)20)8-7-10(12)2/h7-9H,3-6H2,1-2H3,(H,19,20)(H2,16,17,18,21). The number of hydrogen-bond donors (Lipinski definition) is 3. The van der Waals surface area contributed by atoms with Gasteiger partial charge >= 0.3 is 5.97 Å². The first-order valence-electron chi connectivity index (χ1n) is 6.88. The maximum Gasteiger partial charge on any atom is 0.335 e. The molecule has 0 atom stereocenters. The van der Waals surface area contributed by atoms with Gasteiger partial charge in [-0.15, -0.1) is 0 Å². The van der Waals surface area contributed by atoms with Gasteiger partial charge in [-0.1, -0.05) is 25.8 Å². The lowest BCUT2D eigenvalue weighted by Crippen LogP contribution is -2.34. The third kappa shape index (κ3) is 5.91. The van der Waals surface area contributed by atoms with Crippen LogP contribution in [-0.4, -0.2) is 22.1 Å². The molecule has 0 saturated heterocycles. The molecule has 3 N–H and O–H groups in total. The topological polar surface area (TPSA) is 78.4 Å².